The van der Waals surface area contributed by atoms with Crippen LogP contribution in [0.1, 0.15) is 50.8 Å². The summed E-state index contributed by atoms with van der Waals surface area (Å²) in [5, 5.41) is 2.23. The number of anilines is 1. The molecule has 1 atom stereocenters. The van der Waals surface area contributed by atoms with E-state index in [4.69, 9.17) is 16.3 Å². The number of carbonyl (C=O) groups excluding carboxylic acids is 2. The number of alkyl halides is 3. The SMILES string of the molecule is CCC(C(=O)NC(C)(C)C)N(Cc1ccc(OC)cc1)C(=O)CN(c1ccc(Cl)c(C(F)(F)F)c1)S(=O)(=O)c1ccc(C)cc1. The molecule has 0 aliphatic heterocycles. The number of ether oxygens (including phenoxy) is 1. The van der Waals surface area contributed by atoms with Gasteiger partial charge in [0, 0.05) is 12.1 Å². The molecule has 3 aromatic rings. The predicted octanol–water partition coefficient (Wildman–Crippen LogP) is 6.59. The first-order valence-corrected chi connectivity index (χ1v) is 15.9. The van der Waals surface area contributed by atoms with Gasteiger partial charge in [0.1, 0.15) is 18.3 Å². The van der Waals surface area contributed by atoms with Gasteiger partial charge >= 0.3 is 6.18 Å². The van der Waals surface area contributed by atoms with Crippen molar-refractivity contribution in [2.45, 2.75) is 70.2 Å². The number of aryl methyl sites for hydroxylation is 1. The fourth-order valence-corrected chi connectivity index (χ4v) is 6.18. The molecule has 2 amide bonds. The number of methoxy groups -OCH3 is 1. The lowest BCUT2D eigenvalue weighted by Gasteiger charge is -2.35. The number of nitrogens with zero attached hydrogens (tertiary/aromatic N) is 2. The monoisotopic (exact) mass is 667 g/mol. The first-order valence-electron chi connectivity index (χ1n) is 14.1. The summed E-state index contributed by atoms with van der Waals surface area (Å²) < 4.78 is 75.3. The van der Waals surface area contributed by atoms with Gasteiger partial charge < -0.3 is 15.0 Å². The molecule has 0 spiro atoms. The molecular weight excluding hydrogens is 631 g/mol. The summed E-state index contributed by atoms with van der Waals surface area (Å²) in [6, 6.07) is 14.0. The lowest BCUT2D eigenvalue weighted by Crippen LogP contribution is -2.55. The predicted molar refractivity (Wildman–Crippen MR) is 168 cm³/mol. The van der Waals surface area contributed by atoms with Crippen LogP contribution in [-0.4, -0.2) is 50.4 Å². The van der Waals surface area contributed by atoms with Crippen molar-refractivity contribution in [3.05, 3.63) is 88.4 Å². The van der Waals surface area contributed by atoms with Crippen LogP contribution in [0.2, 0.25) is 5.02 Å². The second-order valence-corrected chi connectivity index (χ2v) is 13.8. The van der Waals surface area contributed by atoms with E-state index >= 15 is 0 Å². The maximum atomic E-state index is 14.2. The molecule has 0 saturated heterocycles. The fourth-order valence-electron chi connectivity index (χ4n) is 4.55. The van der Waals surface area contributed by atoms with Gasteiger partial charge in [0.15, 0.2) is 0 Å². The zero-order valence-corrected chi connectivity index (χ0v) is 27.5. The molecule has 45 heavy (non-hydrogen) atoms. The van der Waals surface area contributed by atoms with E-state index in [-0.39, 0.29) is 17.9 Å². The third kappa shape index (κ3) is 9.13. The Hall–Kier alpha value is -3.77. The van der Waals surface area contributed by atoms with E-state index in [0.717, 1.165) is 17.7 Å². The second-order valence-electron chi connectivity index (χ2n) is 11.5. The number of halogens is 4. The molecule has 0 aromatic heterocycles. The summed E-state index contributed by atoms with van der Waals surface area (Å²) in [7, 11) is -3.08. The van der Waals surface area contributed by atoms with E-state index in [1.807, 2.05) is 0 Å². The highest BCUT2D eigenvalue weighted by molar-refractivity contribution is 7.92. The van der Waals surface area contributed by atoms with Crippen LogP contribution < -0.4 is 14.4 Å². The van der Waals surface area contributed by atoms with Crippen LogP contribution in [0.4, 0.5) is 18.9 Å². The maximum Gasteiger partial charge on any atom is 0.417 e. The average molecular weight is 668 g/mol. The minimum absolute atomic E-state index is 0.0915. The van der Waals surface area contributed by atoms with Crippen LogP contribution in [0.3, 0.4) is 0 Å². The van der Waals surface area contributed by atoms with Crippen LogP contribution in [0, 0.1) is 6.92 Å². The lowest BCUT2D eigenvalue weighted by molar-refractivity contribution is -0.141. The number of nitrogens with one attached hydrogen (secondary N) is 1. The summed E-state index contributed by atoms with van der Waals surface area (Å²) in [4.78, 5) is 28.6. The van der Waals surface area contributed by atoms with Gasteiger partial charge in [-0.2, -0.15) is 13.2 Å². The first-order chi connectivity index (χ1) is 20.9. The standard InChI is InChI=1S/C32H37ClF3N3O5S/c1-7-28(30(41)37-31(3,4)5)38(19-22-10-13-24(44-6)14-11-22)29(40)20-39(45(42,43)25-15-8-21(2)9-16-25)23-12-17-27(33)26(18-23)32(34,35)36/h8-18,28H,7,19-20H2,1-6H3,(H,37,41). The molecule has 3 rings (SSSR count). The molecule has 1 N–H and O–H groups in total. The van der Waals surface area contributed by atoms with Crippen molar-refractivity contribution in [1.29, 1.82) is 0 Å². The van der Waals surface area contributed by atoms with Gasteiger partial charge in [0.25, 0.3) is 10.0 Å². The zero-order valence-electron chi connectivity index (χ0n) is 25.9. The Labute approximate surface area is 267 Å². The first kappa shape index (κ1) is 35.7. The number of benzene rings is 3. The molecular formula is C32H37ClF3N3O5S. The number of hydrogen-bond donors (Lipinski definition) is 1. The third-order valence-corrected chi connectivity index (χ3v) is 8.94. The Morgan fingerprint density at radius 3 is 2.09 bits per heavy atom. The largest absolute Gasteiger partial charge is 0.497 e. The molecule has 0 bridgehead atoms. The molecule has 0 fully saturated rings. The zero-order chi connectivity index (χ0) is 33.7. The number of amides is 2. The van der Waals surface area contributed by atoms with Crippen molar-refractivity contribution in [3.8, 4) is 5.75 Å². The van der Waals surface area contributed by atoms with Crippen molar-refractivity contribution < 1.29 is 35.9 Å². The molecule has 0 saturated carbocycles. The smallest absolute Gasteiger partial charge is 0.417 e. The van der Waals surface area contributed by atoms with E-state index in [1.54, 1.807) is 58.9 Å². The minimum Gasteiger partial charge on any atom is -0.497 e. The Balaban J connectivity index is 2.16. The highest BCUT2D eigenvalue weighted by Gasteiger charge is 2.37. The molecule has 0 radical (unpaired) electrons. The van der Waals surface area contributed by atoms with Gasteiger partial charge in [0.2, 0.25) is 11.8 Å². The highest BCUT2D eigenvalue weighted by atomic mass is 35.5. The normalized spacial score (nSPS) is 12.8. The topological polar surface area (TPSA) is 96.0 Å². The van der Waals surface area contributed by atoms with Crippen molar-refractivity contribution in [1.82, 2.24) is 10.2 Å². The van der Waals surface area contributed by atoms with Gasteiger partial charge in [-0.25, -0.2) is 8.42 Å². The van der Waals surface area contributed by atoms with Crippen LogP contribution in [0.5, 0.6) is 5.75 Å². The Morgan fingerprint density at radius 2 is 1.58 bits per heavy atom. The maximum absolute atomic E-state index is 14.2. The second kappa shape index (κ2) is 14.1. The summed E-state index contributed by atoms with van der Waals surface area (Å²) in [5.74, 6) is -0.709. The Bertz CT molecular complexity index is 1610. The quantitative estimate of drug-likeness (QED) is 0.249. The summed E-state index contributed by atoms with van der Waals surface area (Å²) in [6.07, 6.45) is -4.72. The molecule has 13 heteroatoms. The van der Waals surface area contributed by atoms with Crippen LogP contribution in [0.15, 0.2) is 71.6 Å². The van der Waals surface area contributed by atoms with Crippen molar-refractivity contribution in [2.75, 3.05) is 18.0 Å². The molecule has 1 unspecified atom stereocenters. The number of carbonyl (C=O) groups is 2. The minimum atomic E-state index is -4.89. The van der Waals surface area contributed by atoms with E-state index in [0.29, 0.717) is 21.7 Å². The number of sulfonamides is 1. The van der Waals surface area contributed by atoms with Crippen LogP contribution >= 0.6 is 11.6 Å². The Morgan fingerprint density at radius 1 is 0.978 bits per heavy atom. The molecule has 3 aromatic carbocycles. The van der Waals surface area contributed by atoms with Crippen molar-refractivity contribution in [2.24, 2.45) is 0 Å². The molecule has 244 valence electrons. The van der Waals surface area contributed by atoms with Gasteiger partial charge in [-0.05, 0) is 82.1 Å². The van der Waals surface area contributed by atoms with Crippen LogP contribution in [0.25, 0.3) is 0 Å². The van der Waals surface area contributed by atoms with Crippen LogP contribution in [-0.2, 0) is 32.3 Å². The van der Waals surface area contributed by atoms with Gasteiger partial charge in [-0.15, -0.1) is 0 Å². The van der Waals surface area contributed by atoms with E-state index < -0.39 is 62.4 Å². The molecule has 0 heterocycles. The molecule has 0 aliphatic carbocycles. The van der Waals surface area contributed by atoms with Gasteiger partial charge in [0.05, 0.1) is 28.3 Å². The summed E-state index contributed by atoms with van der Waals surface area (Å²) >= 11 is 5.83. The fraction of sp³-hybridized carbons (Fsp3) is 0.375. The van der Waals surface area contributed by atoms with E-state index in [1.165, 1.54) is 36.3 Å². The molecule has 0 aliphatic rings. The highest BCUT2D eigenvalue weighted by Crippen LogP contribution is 2.38. The summed E-state index contributed by atoms with van der Waals surface area (Å²) in [6.45, 7) is 7.80. The van der Waals surface area contributed by atoms with Gasteiger partial charge in [-0.1, -0.05) is 48.4 Å². The molecule has 8 nitrogen and oxygen atoms in total. The van der Waals surface area contributed by atoms with E-state index in [2.05, 4.69) is 5.32 Å². The lowest BCUT2D eigenvalue weighted by atomic mass is 10.1. The summed E-state index contributed by atoms with van der Waals surface area (Å²) in [5.41, 5.74) is -0.951. The van der Waals surface area contributed by atoms with Crippen molar-refractivity contribution >= 4 is 39.1 Å². The number of hydrogen-bond acceptors (Lipinski definition) is 5. The average Bonchev–Trinajstić information content (AvgIpc) is 2.95. The Kier molecular flexibility index (Phi) is 11.2. The third-order valence-electron chi connectivity index (χ3n) is 6.83. The van der Waals surface area contributed by atoms with Gasteiger partial charge in [-0.3, -0.25) is 13.9 Å². The number of rotatable bonds is 11. The van der Waals surface area contributed by atoms with E-state index in [9.17, 15) is 31.2 Å². The van der Waals surface area contributed by atoms with Crippen molar-refractivity contribution in [3.63, 3.8) is 0 Å².